The molecule has 0 aromatic heterocycles. The smallest absolute Gasteiger partial charge is 0.123 e. The fraction of sp³-hybridized carbons (Fsp3) is 0.455. The Morgan fingerprint density at radius 3 is 2.43 bits per heavy atom. The van der Waals surface area contributed by atoms with Crippen molar-refractivity contribution in [2.75, 3.05) is 12.3 Å². The maximum absolute atomic E-state index is 12.6. The van der Waals surface area contributed by atoms with Crippen LogP contribution in [0.1, 0.15) is 19.3 Å². The van der Waals surface area contributed by atoms with Gasteiger partial charge in [0, 0.05) is 4.90 Å². The number of hydrogen-bond donors (Lipinski definition) is 1. The van der Waals surface area contributed by atoms with E-state index in [4.69, 9.17) is 5.73 Å². The van der Waals surface area contributed by atoms with Crippen molar-refractivity contribution in [1.29, 1.82) is 0 Å². The third-order valence-corrected chi connectivity index (χ3v) is 3.03. The Balaban J connectivity index is 2.15. The molecule has 14 heavy (non-hydrogen) atoms. The number of hydrogen-bond acceptors (Lipinski definition) is 2. The SMILES string of the molecule is NCCCCCSc1ccc(F)cc1. The van der Waals surface area contributed by atoms with E-state index in [9.17, 15) is 4.39 Å². The summed E-state index contributed by atoms with van der Waals surface area (Å²) in [6.45, 7) is 0.779. The normalized spacial score (nSPS) is 10.4. The predicted octanol–water partition coefficient (Wildman–Crippen LogP) is 3.05. The van der Waals surface area contributed by atoms with E-state index in [2.05, 4.69) is 0 Å². The summed E-state index contributed by atoms with van der Waals surface area (Å²) in [6, 6.07) is 6.65. The molecule has 0 fully saturated rings. The Kier molecular flexibility index (Phi) is 5.64. The molecule has 0 aliphatic carbocycles. The van der Waals surface area contributed by atoms with Crippen molar-refractivity contribution < 1.29 is 4.39 Å². The molecule has 0 aliphatic rings. The average molecular weight is 213 g/mol. The van der Waals surface area contributed by atoms with Crippen molar-refractivity contribution >= 4 is 11.8 Å². The van der Waals surface area contributed by atoms with Gasteiger partial charge in [0.1, 0.15) is 5.82 Å². The highest BCUT2D eigenvalue weighted by Crippen LogP contribution is 2.19. The van der Waals surface area contributed by atoms with Gasteiger partial charge in [0.2, 0.25) is 0 Å². The molecule has 1 rings (SSSR count). The van der Waals surface area contributed by atoms with Crippen LogP contribution >= 0.6 is 11.8 Å². The maximum atomic E-state index is 12.6. The van der Waals surface area contributed by atoms with Crippen LogP contribution in [0.3, 0.4) is 0 Å². The van der Waals surface area contributed by atoms with E-state index in [0.29, 0.717) is 0 Å². The van der Waals surface area contributed by atoms with E-state index < -0.39 is 0 Å². The van der Waals surface area contributed by atoms with Gasteiger partial charge >= 0.3 is 0 Å². The van der Waals surface area contributed by atoms with Gasteiger partial charge in [-0.25, -0.2) is 4.39 Å². The standard InChI is InChI=1S/C11H16FNS/c12-10-4-6-11(7-5-10)14-9-3-1-2-8-13/h4-7H,1-3,8-9,13H2. The van der Waals surface area contributed by atoms with E-state index in [0.717, 1.165) is 23.6 Å². The van der Waals surface area contributed by atoms with Gasteiger partial charge in [-0.15, -0.1) is 11.8 Å². The maximum Gasteiger partial charge on any atom is 0.123 e. The van der Waals surface area contributed by atoms with Crippen molar-refractivity contribution in [1.82, 2.24) is 0 Å². The van der Waals surface area contributed by atoms with Gasteiger partial charge in [0.25, 0.3) is 0 Å². The number of thioether (sulfide) groups is 1. The highest BCUT2D eigenvalue weighted by molar-refractivity contribution is 7.99. The quantitative estimate of drug-likeness (QED) is 0.580. The molecule has 0 aliphatic heterocycles. The van der Waals surface area contributed by atoms with Crippen LogP contribution in [0.2, 0.25) is 0 Å². The van der Waals surface area contributed by atoms with E-state index >= 15 is 0 Å². The Hall–Kier alpha value is -0.540. The molecule has 1 aromatic rings. The summed E-state index contributed by atoms with van der Waals surface area (Å²) in [5.41, 5.74) is 5.39. The van der Waals surface area contributed by atoms with Crippen LogP contribution in [0.4, 0.5) is 4.39 Å². The minimum atomic E-state index is -0.169. The van der Waals surface area contributed by atoms with Gasteiger partial charge in [-0.3, -0.25) is 0 Å². The minimum Gasteiger partial charge on any atom is -0.330 e. The molecule has 0 spiro atoms. The third kappa shape index (κ3) is 4.63. The van der Waals surface area contributed by atoms with E-state index in [1.165, 1.54) is 25.0 Å². The zero-order chi connectivity index (χ0) is 10.2. The van der Waals surface area contributed by atoms with Gasteiger partial charge < -0.3 is 5.73 Å². The Bertz CT molecular complexity index is 248. The lowest BCUT2D eigenvalue weighted by atomic mass is 10.2. The van der Waals surface area contributed by atoms with Crippen LogP contribution in [0, 0.1) is 5.82 Å². The van der Waals surface area contributed by atoms with Crippen molar-refractivity contribution in [3.8, 4) is 0 Å². The van der Waals surface area contributed by atoms with Crippen LogP contribution in [-0.2, 0) is 0 Å². The minimum absolute atomic E-state index is 0.169. The molecule has 0 radical (unpaired) electrons. The van der Waals surface area contributed by atoms with Gasteiger partial charge in [-0.2, -0.15) is 0 Å². The summed E-state index contributed by atoms with van der Waals surface area (Å²) in [6.07, 6.45) is 3.47. The molecule has 1 aromatic carbocycles. The molecular weight excluding hydrogens is 197 g/mol. The van der Waals surface area contributed by atoms with Gasteiger partial charge in [0.05, 0.1) is 0 Å². The van der Waals surface area contributed by atoms with Gasteiger partial charge in [-0.05, 0) is 49.4 Å². The summed E-state index contributed by atoms with van der Waals surface area (Å²) in [5, 5.41) is 0. The molecule has 2 N–H and O–H groups in total. The lowest BCUT2D eigenvalue weighted by Gasteiger charge is -2.00. The number of benzene rings is 1. The molecule has 0 atom stereocenters. The van der Waals surface area contributed by atoms with Crippen molar-refractivity contribution in [2.24, 2.45) is 5.73 Å². The van der Waals surface area contributed by atoms with Crippen molar-refractivity contribution in [3.05, 3.63) is 30.1 Å². The zero-order valence-corrected chi connectivity index (χ0v) is 9.02. The molecule has 0 unspecified atom stereocenters. The zero-order valence-electron chi connectivity index (χ0n) is 8.21. The van der Waals surface area contributed by atoms with Crippen molar-refractivity contribution in [3.63, 3.8) is 0 Å². The van der Waals surface area contributed by atoms with E-state index in [1.54, 1.807) is 11.8 Å². The first kappa shape index (κ1) is 11.5. The summed E-state index contributed by atoms with van der Waals surface area (Å²) in [4.78, 5) is 1.14. The number of rotatable bonds is 6. The lowest BCUT2D eigenvalue weighted by Crippen LogP contribution is -1.97. The van der Waals surface area contributed by atoms with Crippen LogP contribution in [0.15, 0.2) is 29.2 Å². The molecule has 1 nitrogen and oxygen atoms in total. The summed E-state index contributed by atoms with van der Waals surface area (Å²) in [5.74, 6) is 0.920. The van der Waals surface area contributed by atoms with Crippen LogP contribution in [0.25, 0.3) is 0 Å². The molecule has 0 bridgehead atoms. The number of halogens is 1. The predicted molar refractivity (Wildman–Crippen MR) is 60.0 cm³/mol. The third-order valence-electron chi connectivity index (χ3n) is 1.93. The Morgan fingerprint density at radius 1 is 1.07 bits per heavy atom. The highest BCUT2D eigenvalue weighted by atomic mass is 32.2. The first-order chi connectivity index (χ1) is 6.83. The summed E-state index contributed by atoms with van der Waals surface area (Å²) in [7, 11) is 0. The molecule has 3 heteroatoms. The van der Waals surface area contributed by atoms with Crippen LogP contribution < -0.4 is 5.73 Å². The van der Waals surface area contributed by atoms with Gasteiger partial charge in [0.15, 0.2) is 0 Å². The van der Waals surface area contributed by atoms with Gasteiger partial charge in [-0.1, -0.05) is 6.42 Å². The number of nitrogens with two attached hydrogens (primary N) is 1. The monoisotopic (exact) mass is 213 g/mol. The number of unbranched alkanes of at least 4 members (excludes halogenated alkanes) is 2. The largest absolute Gasteiger partial charge is 0.330 e. The van der Waals surface area contributed by atoms with E-state index in [1.807, 2.05) is 12.1 Å². The Morgan fingerprint density at radius 2 is 1.79 bits per heavy atom. The fourth-order valence-corrected chi connectivity index (χ4v) is 2.06. The second-order valence-electron chi connectivity index (χ2n) is 3.15. The molecule has 0 saturated carbocycles. The van der Waals surface area contributed by atoms with E-state index in [-0.39, 0.29) is 5.82 Å². The second-order valence-corrected chi connectivity index (χ2v) is 4.32. The summed E-state index contributed by atoms with van der Waals surface area (Å²) >= 11 is 1.77. The highest BCUT2D eigenvalue weighted by Gasteiger charge is 1.94. The molecule has 0 saturated heterocycles. The molecule has 0 heterocycles. The first-order valence-corrected chi connectivity index (χ1v) is 5.90. The average Bonchev–Trinajstić information content (AvgIpc) is 2.21. The van der Waals surface area contributed by atoms with Crippen LogP contribution in [0.5, 0.6) is 0 Å². The van der Waals surface area contributed by atoms with Crippen LogP contribution in [-0.4, -0.2) is 12.3 Å². The van der Waals surface area contributed by atoms with Crippen molar-refractivity contribution in [2.45, 2.75) is 24.2 Å². The second kappa shape index (κ2) is 6.85. The topological polar surface area (TPSA) is 26.0 Å². The molecule has 78 valence electrons. The summed E-state index contributed by atoms with van der Waals surface area (Å²) < 4.78 is 12.6. The Labute approximate surface area is 88.9 Å². The lowest BCUT2D eigenvalue weighted by molar-refractivity contribution is 0.626. The fourth-order valence-electron chi connectivity index (χ4n) is 1.14. The molecule has 0 amide bonds. The molecular formula is C11H16FNS. The first-order valence-electron chi connectivity index (χ1n) is 4.91.